The smallest absolute Gasteiger partial charge is 0.326 e. The van der Waals surface area contributed by atoms with Gasteiger partial charge in [0.05, 0.1) is 0 Å². The second kappa shape index (κ2) is 2.50. The third-order valence-electron chi connectivity index (χ3n) is 3.21. The number of carbonyl (C=O) groups is 1. The van der Waals surface area contributed by atoms with E-state index in [4.69, 9.17) is 5.11 Å². The quantitative estimate of drug-likeness (QED) is 0.706. The summed E-state index contributed by atoms with van der Waals surface area (Å²) in [6.45, 7) is 0. The first-order valence-corrected chi connectivity index (χ1v) is 4.85. The van der Waals surface area contributed by atoms with Crippen LogP contribution in [0.2, 0.25) is 0 Å². The number of carboxylic acid groups (broad SMARTS) is 1. The van der Waals surface area contributed by atoms with E-state index in [0.29, 0.717) is 11.8 Å². The maximum absolute atomic E-state index is 10.9. The molecule has 3 rings (SSSR count). The van der Waals surface area contributed by atoms with Crippen molar-refractivity contribution in [2.45, 2.75) is 18.4 Å². The predicted octanol–water partition coefficient (Wildman–Crippen LogP) is 1.67. The van der Waals surface area contributed by atoms with Gasteiger partial charge < -0.3 is 10.4 Å². The average molecular weight is 189 g/mol. The van der Waals surface area contributed by atoms with Crippen LogP contribution in [0.4, 0.5) is 5.69 Å². The highest BCUT2D eigenvalue weighted by Crippen LogP contribution is 2.55. The number of aliphatic carboxylic acids is 1. The average Bonchev–Trinajstić information content (AvgIpc) is 2.95. The summed E-state index contributed by atoms with van der Waals surface area (Å²) in [5, 5.41) is 12.1. The summed E-state index contributed by atoms with van der Waals surface area (Å²) < 4.78 is 0. The SMILES string of the molecule is O=C(O)C1Nc2ccccc2C2CC12. The number of anilines is 1. The molecule has 1 fully saturated rings. The first kappa shape index (κ1) is 7.85. The van der Waals surface area contributed by atoms with Gasteiger partial charge in [0.2, 0.25) is 0 Å². The Balaban J connectivity index is 2.01. The van der Waals surface area contributed by atoms with Crippen LogP contribution in [-0.4, -0.2) is 17.1 Å². The van der Waals surface area contributed by atoms with Gasteiger partial charge in [-0.1, -0.05) is 18.2 Å². The molecule has 1 aliphatic carbocycles. The lowest BCUT2D eigenvalue weighted by Crippen LogP contribution is -2.34. The summed E-state index contributed by atoms with van der Waals surface area (Å²) in [7, 11) is 0. The summed E-state index contributed by atoms with van der Waals surface area (Å²) >= 11 is 0. The Morgan fingerprint density at radius 3 is 3.00 bits per heavy atom. The Hall–Kier alpha value is -1.51. The first-order chi connectivity index (χ1) is 6.77. The molecule has 1 aromatic rings. The van der Waals surface area contributed by atoms with Crippen LogP contribution >= 0.6 is 0 Å². The molecule has 0 radical (unpaired) electrons. The van der Waals surface area contributed by atoms with Crippen LogP contribution in [-0.2, 0) is 4.79 Å². The van der Waals surface area contributed by atoms with Crippen LogP contribution in [0.3, 0.4) is 0 Å². The van der Waals surface area contributed by atoms with Gasteiger partial charge in [0, 0.05) is 5.69 Å². The molecule has 3 nitrogen and oxygen atoms in total. The molecule has 3 heteroatoms. The van der Waals surface area contributed by atoms with E-state index in [2.05, 4.69) is 11.4 Å². The monoisotopic (exact) mass is 189 g/mol. The maximum atomic E-state index is 10.9. The van der Waals surface area contributed by atoms with E-state index in [-0.39, 0.29) is 6.04 Å². The van der Waals surface area contributed by atoms with E-state index in [0.717, 1.165) is 12.1 Å². The molecule has 0 bridgehead atoms. The van der Waals surface area contributed by atoms with Crippen molar-refractivity contribution in [3.05, 3.63) is 29.8 Å². The topological polar surface area (TPSA) is 49.3 Å². The molecule has 0 amide bonds. The number of carboxylic acids is 1. The fourth-order valence-electron chi connectivity index (χ4n) is 2.41. The molecular weight excluding hydrogens is 178 g/mol. The highest BCUT2D eigenvalue weighted by atomic mass is 16.4. The Labute approximate surface area is 81.8 Å². The van der Waals surface area contributed by atoms with E-state index in [9.17, 15) is 4.79 Å². The minimum Gasteiger partial charge on any atom is -0.480 e. The molecule has 72 valence electrons. The summed E-state index contributed by atoms with van der Waals surface area (Å²) in [4.78, 5) is 10.9. The Bertz CT molecular complexity index is 402. The van der Waals surface area contributed by atoms with Crippen LogP contribution in [0.5, 0.6) is 0 Å². The molecule has 1 heterocycles. The van der Waals surface area contributed by atoms with Crippen molar-refractivity contribution in [2.24, 2.45) is 5.92 Å². The molecule has 1 aromatic carbocycles. The van der Waals surface area contributed by atoms with Crippen LogP contribution in [0, 0.1) is 5.92 Å². The lowest BCUT2D eigenvalue weighted by atomic mass is 9.98. The Morgan fingerprint density at radius 1 is 1.43 bits per heavy atom. The van der Waals surface area contributed by atoms with E-state index >= 15 is 0 Å². The Morgan fingerprint density at radius 2 is 2.21 bits per heavy atom. The van der Waals surface area contributed by atoms with Gasteiger partial charge in [0.15, 0.2) is 0 Å². The van der Waals surface area contributed by atoms with Crippen molar-refractivity contribution in [3.8, 4) is 0 Å². The third kappa shape index (κ3) is 0.953. The van der Waals surface area contributed by atoms with Gasteiger partial charge in [-0.3, -0.25) is 0 Å². The lowest BCUT2D eigenvalue weighted by Gasteiger charge is -2.23. The van der Waals surface area contributed by atoms with E-state index < -0.39 is 5.97 Å². The number of benzene rings is 1. The normalized spacial score (nSPS) is 32.4. The lowest BCUT2D eigenvalue weighted by molar-refractivity contribution is -0.138. The van der Waals surface area contributed by atoms with Gasteiger partial charge in [-0.2, -0.15) is 0 Å². The number of nitrogens with one attached hydrogen (secondary N) is 1. The summed E-state index contributed by atoms with van der Waals surface area (Å²) in [6.07, 6.45) is 1.01. The first-order valence-electron chi connectivity index (χ1n) is 4.85. The van der Waals surface area contributed by atoms with Crippen molar-refractivity contribution >= 4 is 11.7 Å². The van der Waals surface area contributed by atoms with E-state index in [1.807, 2.05) is 18.2 Å². The second-order valence-electron chi connectivity index (χ2n) is 4.05. The third-order valence-corrected chi connectivity index (χ3v) is 3.21. The number of fused-ring (bicyclic) bond motifs is 3. The maximum Gasteiger partial charge on any atom is 0.326 e. The van der Waals surface area contributed by atoms with Crippen molar-refractivity contribution < 1.29 is 9.90 Å². The zero-order valence-electron chi connectivity index (χ0n) is 7.60. The largest absolute Gasteiger partial charge is 0.480 e. The van der Waals surface area contributed by atoms with Gasteiger partial charge in [0.1, 0.15) is 6.04 Å². The van der Waals surface area contributed by atoms with Gasteiger partial charge in [-0.05, 0) is 29.9 Å². The number of para-hydroxylation sites is 1. The van der Waals surface area contributed by atoms with Crippen molar-refractivity contribution in [2.75, 3.05) is 5.32 Å². The van der Waals surface area contributed by atoms with E-state index in [1.165, 1.54) is 5.56 Å². The van der Waals surface area contributed by atoms with Crippen LogP contribution in [0.1, 0.15) is 17.9 Å². The standard InChI is InChI=1S/C11H11NO2/c13-11(14)10-8-5-7(8)6-3-1-2-4-9(6)12-10/h1-4,7-8,10,12H,5H2,(H,13,14). The van der Waals surface area contributed by atoms with Crippen LogP contribution < -0.4 is 5.32 Å². The van der Waals surface area contributed by atoms with E-state index in [1.54, 1.807) is 0 Å². The van der Waals surface area contributed by atoms with Crippen molar-refractivity contribution in [1.29, 1.82) is 0 Å². The predicted molar refractivity (Wildman–Crippen MR) is 52.3 cm³/mol. The van der Waals surface area contributed by atoms with Gasteiger partial charge in [0.25, 0.3) is 0 Å². The van der Waals surface area contributed by atoms with Crippen molar-refractivity contribution in [3.63, 3.8) is 0 Å². The molecule has 1 saturated carbocycles. The molecule has 2 aliphatic rings. The molecule has 3 atom stereocenters. The molecule has 0 saturated heterocycles. The van der Waals surface area contributed by atoms with Crippen LogP contribution in [0.15, 0.2) is 24.3 Å². The number of rotatable bonds is 1. The minimum absolute atomic E-state index is 0.308. The fourth-order valence-corrected chi connectivity index (χ4v) is 2.41. The minimum atomic E-state index is -0.730. The Kier molecular flexibility index (Phi) is 1.40. The van der Waals surface area contributed by atoms with Gasteiger partial charge in [-0.25, -0.2) is 4.79 Å². The zero-order valence-corrected chi connectivity index (χ0v) is 7.60. The molecule has 2 N–H and O–H groups in total. The highest BCUT2D eigenvalue weighted by molar-refractivity contribution is 5.81. The fraction of sp³-hybridized carbons (Fsp3) is 0.364. The second-order valence-corrected chi connectivity index (χ2v) is 4.05. The molecule has 0 spiro atoms. The molecule has 14 heavy (non-hydrogen) atoms. The summed E-state index contributed by atoms with van der Waals surface area (Å²) in [5.74, 6) is 0.0583. The number of hydrogen-bond donors (Lipinski definition) is 2. The van der Waals surface area contributed by atoms with Gasteiger partial charge >= 0.3 is 5.97 Å². The molecule has 0 aromatic heterocycles. The van der Waals surface area contributed by atoms with Crippen LogP contribution in [0.25, 0.3) is 0 Å². The van der Waals surface area contributed by atoms with Gasteiger partial charge in [-0.15, -0.1) is 0 Å². The summed E-state index contributed by atoms with van der Waals surface area (Å²) in [5.41, 5.74) is 2.29. The molecule has 3 unspecified atom stereocenters. The number of hydrogen-bond acceptors (Lipinski definition) is 2. The molecular formula is C11H11NO2. The molecule has 1 aliphatic heterocycles. The highest BCUT2D eigenvalue weighted by Gasteiger charge is 2.50. The zero-order chi connectivity index (χ0) is 9.71. The van der Waals surface area contributed by atoms with Crippen molar-refractivity contribution in [1.82, 2.24) is 0 Å². The summed E-state index contributed by atoms with van der Waals surface area (Å²) in [6, 6.07) is 7.62.